The summed E-state index contributed by atoms with van der Waals surface area (Å²) in [7, 11) is 0. The number of carbonyl (C=O) groups excluding carboxylic acids is 1. The average Bonchev–Trinajstić information content (AvgIpc) is 3.48. The SMILES string of the molecule is CCOC(=O)C1=C(C)N=c2s/c(=C\c3ccc(-c4ccc(C)c([N+](=O)[O-])c4)o3)c(=O)n2[C@H]1c1ccc(Br)cc1. The molecule has 0 aliphatic carbocycles. The monoisotopic (exact) mass is 607 g/mol. The molecule has 1 aliphatic rings. The molecule has 0 bridgehead atoms. The normalized spacial score (nSPS) is 15.2. The molecule has 5 rings (SSSR count). The van der Waals surface area contributed by atoms with Crippen LogP contribution in [0.5, 0.6) is 0 Å². The highest BCUT2D eigenvalue weighted by Gasteiger charge is 2.33. The Morgan fingerprint density at radius 2 is 1.95 bits per heavy atom. The van der Waals surface area contributed by atoms with Crippen LogP contribution in [0.2, 0.25) is 0 Å². The number of fused-ring (bicyclic) bond motifs is 1. The van der Waals surface area contributed by atoms with Crippen molar-refractivity contribution in [1.29, 1.82) is 0 Å². The van der Waals surface area contributed by atoms with E-state index in [-0.39, 0.29) is 17.9 Å². The van der Waals surface area contributed by atoms with Gasteiger partial charge >= 0.3 is 5.97 Å². The third-order valence-corrected chi connectivity index (χ3v) is 7.80. The molecule has 0 radical (unpaired) electrons. The van der Waals surface area contributed by atoms with E-state index in [9.17, 15) is 19.7 Å². The molecule has 1 atom stereocenters. The molecule has 9 nitrogen and oxygen atoms in total. The van der Waals surface area contributed by atoms with Gasteiger partial charge in [-0.25, -0.2) is 9.79 Å². The summed E-state index contributed by atoms with van der Waals surface area (Å²) < 4.78 is 14.0. The summed E-state index contributed by atoms with van der Waals surface area (Å²) in [6.45, 7) is 5.32. The van der Waals surface area contributed by atoms with E-state index in [0.29, 0.717) is 43.3 Å². The van der Waals surface area contributed by atoms with Crippen LogP contribution in [0, 0.1) is 17.0 Å². The number of rotatable bonds is 6. The highest BCUT2D eigenvalue weighted by Crippen LogP contribution is 2.32. The van der Waals surface area contributed by atoms with E-state index in [1.54, 1.807) is 51.1 Å². The number of allylic oxidation sites excluding steroid dienone is 1. The molecule has 39 heavy (non-hydrogen) atoms. The van der Waals surface area contributed by atoms with Crippen LogP contribution in [0.4, 0.5) is 5.69 Å². The third kappa shape index (κ3) is 5.02. The average molecular weight is 608 g/mol. The molecule has 2 aromatic carbocycles. The highest BCUT2D eigenvalue weighted by atomic mass is 79.9. The Morgan fingerprint density at radius 3 is 2.64 bits per heavy atom. The van der Waals surface area contributed by atoms with Gasteiger partial charge in [-0.15, -0.1) is 0 Å². The van der Waals surface area contributed by atoms with Gasteiger partial charge in [0.15, 0.2) is 4.80 Å². The fourth-order valence-corrected chi connectivity index (χ4v) is 5.72. The highest BCUT2D eigenvalue weighted by molar-refractivity contribution is 9.10. The zero-order valence-corrected chi connectivity index (χ0v) is 23.5. The van der Waals surface area contributed by atoms with Crippen LogP contribution in [0.15, 0.2) is 84.5 Å². The summed E-state index contributed by atoms with van der Waals surface area (Å²) in [6.07, 6.45) is 1.61. The number of halogens is 1. The molecule has 0 unspecified atom stereocenters. The second-order valence-electron chi connectivity index (χ2n) is 8.81. The van der Waals surface area contributed by atoms with E-state index >= 15 is 0 Å². The van der Waals surface area contributed by atoms with Crippen molar-refractivity contribution in [3.63, 3.8) is 0 Å². The van der Waals surface area contributed by atoms with E-state index in [1.807, 2.05) is 24.3 Å². The number of aromatic nitrogens is 1. The molecule has 0 N–H and O–H groups in total. The van der Waals surface area contributed by atoms with E-state index in [2.05, 4.69) is 20.9 Å². The summed E-state index contributed by atoms with van der Waals surface area (Å²) in [5, 5.41) is 11.3. The van der Waals surface area contributed by atoms with Crippen LogP contribution in [0.25, 0.3) is 17.4 Å². The molecular formula is C28H22BrN3O6S. The van der Waals surface area contributed by atoms with Gasteiger partial charge in [0, 0.05) is 27.7 Å². The maximum absolute atomic E-state index is 13.7. The van der Waals surface area contributed by atoms with Crippen molar-refractivity contribution in [3.8, 4) is 11.3 Å². The van der Waals surface area contributed by atoms with Crippen LogP contribution in [-0.4, -0.2) is 22.1 Å². The van der Waals surface area contributed by atoms with E-state index < -0.39 is 16.9 Å². The number of nitrogens with zero attached hydrogens (tertiary/aromatic N) is 3. The number of thiazole rings is 1. The fourth-order valence-electron chi connectivity index (χ4n) is 4.43. The molecule has 2 aromatic heterocycles. The number of aryl methyl sites for hydroxylation is 1. The molecule has 0 saturated heterocycles. The van der Waals surface area contributed by atoms with E-state index in [0.717, 1.165) is 10.0 Å². The third-order valence-electron chi connectivity index (χ3n) is 6.29. The molecule has 0 spiro atoms. The predicted octanol–water partition coefficient (Wildman–Crippen LogP) is 5.04. The van der Waals surface area contributed by atoms with Gasteiger partial charge in [0.05, 0.1) is 33.4 Å². The minimum absolute atomic E-state index is 0.000486. The molecule has 3 heterocycles. The van der Waals surface area contributed by atoms with Crippen LogP contribution < -0.4 is 14.9 Å². The molecule has 0 saturated carbocycles. The van der Waals surface area contributed by atoms with E-state index in [4.69, 9.17) is 9.15 Å². The molecule has 0 fully saturated rings. The maximum atomic E-state index is 13.7. The smallest absolute Gasteiger partial charge is 0.338 e. The molecule has 198 valence electrons. The Hall–Kier alpha value is -4.09. The first-order valence-corrected chi connectivity index (χ1v) is 13.6. The van der Waals surface area contributed by atoms with Crippen molar-refractivity contribution in [2.24, 2.45) is 4.99 Å². The first-order chi connectivity index (χ1) is 18.7. The van der Waals surface area contributed by atoms with Gasteiger partial charge in [0.1, 0.15) is 11.5 Å². The van der Waals surface area contributed by atoms with Crippen LogP contribution in [0.3, 0.4) is 0 Å². The Morgan fingerprint density at radius 1 is 1.21 bits per heavy atom. The van der Waals surface area contributed by atoms with E-state index in [1.165, 1.54) is 22.0 Å². The molecular weight excluding hydrogens is 586 g/mol. The molecule has 11 heteroatoms. The molecule has 0 amide bonds. The second-order valence-corrected chi connectivity index (χ2v) is 10.7. The maximum Gasteiger partial charge on any atom is 0.338 e. The number of hydrogen-bond donors (Lipinski definition) is 0. The summed E-state index contributed by atoms with van der Waals surface area (Å²) >= 11 is 4.62. The lowest BCUT2D eigenvalue weighted by Gasteiger charge is -2.24. The Kier molecular flexibility index (Phi) is 7.19. The van der Waals surface area contributed by atoms with Crippen LogP contribution in [-0.2, 0) is 9.53 Å². The standard InChI is InChI=1S/C28H22BrN3O6S/c1-4-37-27(34)24-16(3)30-28-31(25(24)17-7-9-19(29)10-8-17)26(33)23(39-28)14-20-11-12-22(38-20)18-6-5-15(2)21(13-18)32(35)36/h5-14,25H,4H2,1-3H3/b23-14-/t25-/m0/s1. The number of hydrogen-bond acceptors (Lipinski definition) is 8. The number of furan rings is 1. The Labute approximate surface area is 234 Å². The van der Waals surface area contributed by atoms with Crippen molar-refractivity contribution in [2.75, 3.05) is 6.61 Å². The Bertz CT molecular complexity index is 1830. The fraction of sp³-hybridized carbons (Fsp3) is 0.179. The van der Waals surface area contributed by atoms with Gasteiger partial charge in [-0.05, 0) is 50.6 Å². The molecule has 4 aromatic rings. The van der Waals surface area contributed by atoms with Crippen molar-refractivity contribution < 1.29 is 18.9 Å². The van der Waals surface area contributed by atoms with Crippen molar-refractivity contribution >= 4 is 45.0 Å². The number of carbonyl (C=O) groups is 1. The number of esters is 1. The number of nitro groups is 1. The lowest BCUT2D eigenvalue weighted by molar-refractivity contribution is -0.385. The second kappa shape index (κ2) is 10.6. The quantitative estimate of drug-likeness (QED) is 0.172. The van der Waals surface area contributed by atoms with Crippen molar-refractivity contribution in [2.45, 2.75) is 26.8 Å². The minimum Gasteiger partial charge on any atom is -0.463 e. The summed E-state index contributed by atoms with van der Waals surface area (Å²) in [4.78, 5) is 42.6. The van der Waals surface area contributed by atoms with Gasteiger partial charge in [-0.3, -0.25) is 19.5 Å². The van der Waals surface area contributed by atoms with Gasteiger partial charge < -0.3 is 9.15 Å². The largest absolute Gasteiger partial charge is 0.463 e. The summed E-state index contributed by atoms with van der Waals surface area (Å²) in [5.41, 5.74) is 2.30. The first kappa shape index (κ1) is 26.5. The zero-order valence-electron chi connectivity index (χ0n) is 21.1. The van der Waals surface area contributed by atoms with Gasteiger partial charge in [-0.1, -0.05) is 51.5 Å². The van der Waals surface area contributed by atoms with Crippen molar-refractivity contribution in [1.82, 2.24) is 4.57 Å². The minimum atomic E-state index is -0.712. The van der Waals surface area contributed by atoms with Gasteiger partial charge in [-0.2, -0.15) is 0 Å². The lowest BCUT2D eigenvalue weighted by Crippen LogP contribution is -2.39. The zero-order chi connectivity index (χ0) is 27.8. The number of benzene rings is 2. The van der Waals surface area contributed by atoms with Crippen molar-refractivity contribution in [3.05, 3.63) is 117 Å². The first-order valence-electron chi connectivity index (χ1n) is 12.0. The topological polar surface area (TPSA) is 117 Å². The van der Waals surface area contributed by atoms with Crippen LogP contribution in [0.1, 0.15) is 36.8 Å². The van der Waals surface area contributed by atoms with Gasteiger partial charge in [0.25, 0.3) is 11.2 Å². The van der Waals surface area contributed by atoms with Crippen LogP contribution >= 0.6 is 27.3 Å². The molecule has 1 aliphatic heterocycles. The number of nitro benzene ring substituents is 1. The number of ether oxygens (including phenoxy) is 1. The predicted molar refractivity (Wildman–Crippen MR) is 150 cm³/mol. The lowest BCUT2D eigenvalue weighted by atomic mass is 9.96. The van der Waals surface area contributed by atoms with Gasteiger partial charge in [0.2, 0.25) is 0 Å². The Balaban J connectivity index is 1.61. The summed E-state index contributed by atoms with van der Waals surface area (Å²) in [6, 6.07) is 15.0. The summed E-state index contributed by atoms with van der Waals surface area (Å²) in [5.74, 6) is 0.314.